The molecule has 0 saturated carbocycles. The van der Waals surface area contributed by atoms with E-state index in [4.69, 9.17) is 9.47 Å². The van der Waals surface area contributed by atoms with Gasteiger partial charge in [0.15, 0.2) is 0 Å². The monoisotopic (exact) mass is 337 g/mol. The first kappa shape index (κ1) is 20.1. The van der Waals surface area contributed by atoms with Gasteiger partial charge in [-0.15, -0.1) is 0 Å². The molecule has 6 heteroatoms. The number of hydrogen-bond donors (Lipinski definition) is 1. The zero-order valence-corrected chi connectivity index (χ0v) is 14.7. The number of rotatable bonds is 7. The van der Waals surface area contributed by atoms with Crippen LogP contribution in [0.15, 0.2) is 24.3 Å². The lowest BCUT2D eigenvalue weighted by atomic mass is 9.98. The summed E-state index contributed by atoms with van der Waals surface area (Å²) in [6, 6.07) is -0.0701. The number of esters is 1. The van der Waals surface area contributed by atoms with Crippen molar-refractivity contribution < 1.29 is 23.9 Å². The van der Waals surface area contributed by atoms with Crippen LogP contribution >= 0.6 is 0 Å². The van der Waals surface area contributed by atoms with Crippen LogP contribution in [0.1, 0.15) is 40.5 Å². The van der Waals surface area contributed by atoms with Crippen LogP contribution in [0.3, 0.4) is 0 Å². The number of carbonyl (C=O) groups is 3. The van der Waals surface area contributed by atoms with Crippen molar-refractivity contribution in [3.63, 3.8) is 0 Å². The van der Waals surface area contributed by atoms with Crippen molar-refractivity contribution in [2.24, 2.45) is 5.92 Å². The van der Waals surface area contributed by atoms with Crippen molar-refractivity contribution in [3.8, 4) is 0 Å². The summed E-state index contributed by atoms with van der Waals surface area (Å²) in [6.45, 7) is 6.75. The fraction of sp³-hybridized carbons (Fsp3) is 0.611. The second-order valence-corrected chi connectivity index (χ2v) is 6.13. The molecule has 1 fully saturated rings. The van der Waals surface area contributed by atoms with Crippen molar-refractivity contribution in [1.29, 1.82) is 0 Å². The number of nitrogens with one attached hydrogen (secondary N) is 1. The Hall–Kier alpha value is -1.95. The third-order valence-corrected chi connectivity index (χ3v) is 3.76. The molecule has 24 heavy (non-hydrogen) atoms. The Balaban J connectivity index is 2.43. The van der Waals surface area contributed by atoms with Crippen LogP contribution in [0.5, 0.6) is 0 Å². The Labute approximate surface area is 143 Å². The lowest BCUT2D eigenvalue weighted by Crippen LogP contribution is -2.47. The summed E-state index contributed by atoms with van der Waals surface area (Å²) in [4.78, 5) is 33.4. The molecule has 0 aliphatic carbocycles. The number of amides is 1. The Morgan fingerprint density at radius 1 is 1.25 bits per heavy atom. The third-order valence-electron chi connectivity index (χ3n) is 3.76. The van der Waals surface area contributed by atoms with Crippen LogP contribution in [0.2, 0.25) is 0 Å². The van der Waals surface area contributed by atoms with Gasteiger partial charge in [0.25, 0.3) is 0 Å². The average molecular weight is 337 g/mol. The number of hydrogen-bond acceptors (Lipinski definition) is 5. The van der Waals surface area contributed by atoms with Crippen LogP contribution in [-0.4, -0.2) is 42.5 Å². The first-order valence-electron chi connectivity index (χ1n) is 8.26. The summed E-state index contributed by atoms with van der Waals surface area (Å²) in [5.41, 5.74) is 0. The predicted octanol–water partition coefficient (Wildman–Crippen LogP) is 1.94. The minimum Gasteiger partial charge on any atom is -0.459 e. The van der Waals surface area contributed by atoms with Gasteiger partial charge < -0.3 is 19.6 Å². The Morgan fingerprint density at radius 2 is 1.96 bits per heavy atom. The lowest BCUT2D eigenvalue weighted by Gasteiger charge is -2.33. The first-order chi connectivity index (χ1) is 11.3. The second kappa shape index (κ2) is 10.0. The van der Waals surface area contributed by atoms with Gasteiger partial charge in [0.2, 0.25) is 5.91 Å². The van der Waals surface area contributed by atoms with Crippen molar-refractivity contribution in [3.05, 3.63) is 24.3 Å². The molecule has 0 aromatic heterocycles. The van der Waals surface area contributed by atoms with Gasteiger partial charge in [-0.05, 0) is 32.8 Å². The second-order valence-electron chi connectivity index (χ2n) is 6.13. The molecule has 0 bridgehead atoms. The van der Waals surface area contributed by atoms with E-state index in [9.17, 15) is 14.4 Å². The quantitative estimate of drug-likeness (QED) is 0.332. The molecule has 1 aliphatic heterocycles. The van der Waals surface area contributed by atoms with Gasteiger partial charge in [0, 0.05) is 18.9 Å². The zero-order valence-electron chi connectivity index (χ0n) is 14.7. The summed E-state index contributed by atoms with van der Waals surface area (Å²) in [5, 5.41) is 2.90. The first-order valence-corrected chi connectivity index (χ1v) is 8.26. The molecule has 5 atom stereocenters. The van der Waals surface area contributed by atoms with Crippen molar-refractivity contribution in [2.75, 3.05) is 0 Å². The summed E-state index contributed by atoms with van der Waals surface area (Å²) >= 11 is 0. The minimum absolute atomic E-state index is 0.0323. The van der Waals surface area contributed by atoms with E-state index in [0.29, 0.717) is 0 Å². The van der Waals surface area contributed by atoms with Gasteiger partial charge in [-0.25, -0.2) is 0 Å². The van der Waals surface area contributed by atoms with E-state index < -0.39 is 6.10 Å². The van der Waals surface area contributed by atoms with Crippen LogP contribution in [-0.2, 0) is 23.9 Å². The smallest absolute Gasteiger partial charge is 0.303 e. The maximum atomic E-state index is 11.9. The van der Waals surface area contributed by atoms with E-state index in [2.05, 4.69) is 5.32 Å². The van der Waals surface area contributed by atoms with Crippen LogP contribution in [0, 0.1) is 5.92 Å². The molecule has 1 N–H and O–H groups in total. The van der Waals surface area contributed by atoms with Crippen molar-refractivity contribution in [1.82, 2.24) is 5.32 Å². The van der Waals surface area contributed by atoms with E-state index in [1.807, 2.05) is 26.0 Å². The molecular weight excluding hydrogens is 310 g/mol. The topological polar surface area (TPSA) is 81.7 Å². The molecular formula is C18H27NO5. The van der Waals surface area contributed by atoms with Gasteiger partial charge in [-0.2, -0.15) is 0 Å². The largest absolute Gasteiger partial charge is 0.459 e. The molecule has 0 aromatic rings. The summed E-state index contributed by atoms with van der Waals surface area (Å²) in [7, 11) is 0. The maximum absolute atomic E-state index is 11.9. The normalized spacial score (nSPS) is 26.9. The predicted molar refractivity (Wildman–Crippen MR) is 90.2 cm³/mol. The molecule has 0 radical (unpaired) electrons. The van der Waals surface area contributed by atoms with Crippen molar-refractivity contribution >= 4 is 18.2 Å². The third kappa shape index (κ3) is 7.55. The molecule has 1 unspecified atom stereocenters. The van der Waals surface area contributed by atoms with Crippen LogP contribution in [0.25, 0.3) is 0 Å². The number of carbonyl (C=O) groups excluding carboxylic acids is 3. The van der Waals surface area contributed by atoms with Gasteiger partial charge in [0.1, 0.15) is 12.4 Å². The Bertz CT molecular complexity index is 500. The highest BCUT2D eigenvalue weighted by Gasteiger charge is 2.27. The van der Waals surface area contributed by atoms with E-state index in [1.165, 1.54) is 19.1 Å². The summed E-state index contributed by atoms with van der Waals surface area (Å²) in [5.74, 6) is -0.742. The van der Waals surface area contributed by atoms with Gasteiger partial charge in [-0.3, -0.25) is 9.59 Å². The molecule has 0 spiro atoms. The maximum Gasteiger partial charge on any atom is 0.303 e. The minimum atomic E-state index is -0.442. The van der Waals surface area contributed by atoms with Gasteiger partial charge in [-0.1, -0.05) is 19.1 Å². The lowest BCUT2D eigenvalue weighted by molar-refractivity contribution is -0.143. The molecule has 1 rings (SSSR count). The fourth-order valence-corrected chi connectivity index (χ4v) is 2.45. The van der Waals surface area contributed by atoms with E-state index in [1.54, 1.807) is 6.92 Å². The molecule has 1 heterocycles. The average Bonchev–Trinajstić information content (AvgIpc) is 2.52. The summed E-state index contributed by atoms with van der Waals surface area (Å²) < 4.78 is 10.8. The number of aldehydes is 1. The SMILES string of the molecule is CC(=O)O[C@@H](C)C=CC(=O)N[C@@H]1CC[C@H](C=CC(C)C=O)O[C@@H]1C. The highest BCUT2D eigenvalue weighted by Crippen LogP contribution is 2.20. The van der Waals surface area contributed by atoms with E-state index in [-0.39, 0.29) is 36.0 Å². The Morgan fingerprint density at radius 3 is 2.54 bits per heavy atom. The molecule has 1 amide bonds. The fourth-order valence-electron chi connectivity index (χ4n) is 2.45. The molecule has 1 aliphatic rings. The van der Waals surface area contributed by atoms with Crippen LogP contribution in [0.4, 0.5) is 0 Å². The summed E-state index contributed by atoms with van der Waals surface area (Å²) in [6.07, 6.45) is 8.53. The number of ether oxygens (including phenoxy) is 2. The van der Waals surface area contributed by atoms with Crippen LogP contribution < -0.4 is 5.32 Å². The highest BCUT2D eigenvalue weighted by molar-refractivity contribution is 5.87. The van der Waals surface area contributed by atoms with E-state index in [0.717, 1.165) is 19.1 Å². The van der Waals surface area contributed by atoms with Crippen molar-refractivity contribution in [2.45, 2.75) is 64.9 Å². The zero-order chi connectivity index (χ0) is 18.1. The number of allylic oxidation sites excluding steroid dienone is 1. The highest BCUT2D eigenvalue weighted by atomic mass is 16.5. The molecule has 6 nitrogen and oxygen atoms in total. The van der Waals surface area contributed by atoms with E-state index >= 15 is 0 Å². The Kier molecular flexibility index (Phi) is 8.40. The van der Waals surface area contributed by atoms with Gasteiger partial charge in [0.05, 0.1) is 18.2 Å². The standard InChI is InChI=1S/C18H27NO5/c1-12(11-20)5-7-16-8-9-17(14(3)24-16)19-18(22)10-6-13(2)23-15(4)21/h5-7,10-14,16-17H,8-9H2,1-4H3,(H,19,22)/t12?,13-,14+,16-,17+/m0/s1. The van der Waals surface area contributed by atoms with Gasteiger partial charge >= 0.3 is 5.97 Å². The molecule has 134 valence electrons. The molecule has 0 aromatic carbocycles. The molecule has 1 saturated heterocycles.